The van der Waals surface area contributed by atoms with E-state index in [-0.39, 0.29) is 33.7 Å². The normalized spacial score (nSPS) is 11.3. The second-order valence-electron chi connectivity index (χ2n) is 3.63. The van der Waals surface area contributed by atoms with E-state index in [1.807, 2.05) is 0 Å². The number of hydrogen-bond acceptors (Lipinski definition) is 3. The monoisotopic (exact) mass is 276 g/mol. The molecule has 0 unspecified atom stereocenters. The second-order valence-corrected chi connectivity index (χ2v) is 4.39. The lowest BCUT2D eigenvalue weighted by molar-refractivity contribution is 0.290. The number of halogens is 2. The van der Waals surface area contributed by atoms with Crippen molar-refractivity contribution in [2.75, 3.05) is 6.61 Å². The van der Waals surface area contributed by atoms with E-state index in [9.17, 15) is 10.2 Å². The Morgan fingerprint density at radius 2 is 1.76 bits per heavy atom. The zero-order valence-electron chi connectivity index (χ0n) is 9.37. The summed E-state index contributed by atoms with van der Waals surface area (Å²) in [5, 5.41) is 28.3. The number of benzene rings is 1. The Labute approximate surface area is 110 Å². The van der Waals surface area contributed by atoms with Crippen LogP contribution in [0.25, 0.3) is 6.08 Å². The maximum atomic E-state index is 9.81. The summed E-state index contributed by atoms with van der Waals surface area (Å²) < 4.78 is 0. The fourth-order valence-electron chi connectivity index (χ4n) is 1.36. The lowest BCUT2D eigenvalue weighted by atomic mass is 10.1. The third-order valence-electron chi connectivity index (χ3n) is 2.41. The zero-order chi connectivity index (χ0) is 13.0. The molecule has 0 atom stereocenters. The van der Waals surface area contributed by atoms with Crippen molar-refractivity contribution >= 4 is 29.3 Å². The summed E-state index contributed by atoms with van der Waals surface area (Å²) in [7, 11) is 0. The van der Waals surface area contributed by atoms with Gasteiger partial charge in [0.15, 0.2) is 0 Å². The van der Waals surface area contributed by atoms with Crippen LogP contribution in [-0.2, 0) is 0 Å². The number of allylic oxidation sites excluding steroid dienone is 1. The van der Waals surface area contributed by atoms with Crippen LogP contribution in [0, 0.1) is 6.92 Å². The Morgan fingerprint density at radius 3 is 2.35 bits per heavy atom. The lowest BCUT2D eigenvalue weighted by Crippen LogP contribution is -1.86. The van der Waals surface area contributed by atoms with Crippen molar-refractivity contribution in [3.05, 3.63) is 27.2 Å². The van der Waals surface area contributed by atoms with Gasteiger partial charge in [0.1, 0.15) is 11.5 Å². The Kier molecular flexibility index (Phi) is 5.12. The summed E-state index contributed by atoms with van der Waals surface area (Å²) in [6.07, 6.45) is 4.61. The molecule has 1 aromatic carbocycles. The minimum atomic E-state index is -0.146. The Hall–Kier alpha value is -0.900. The van der Waals surface area contributed by atoms with E-state index in [1.165, 1.54) is 0 Å². The molecular weight excluding hydrogens is 263 g/mol. The molecule has 3 N–H and O–H groups in total. The van der Waals surface area contributed by atoms with Gasteiger partial charge >= 0.3 is 0 Å². The maximum absolute atomic E-state index is 9.81. The molecule has 0 aliphatic carbocycles. The second kappa shape index (κ2) is 6.15. The number of phenolic OH excluding ortho intramolecular Hbond substituents is 2. The first-order valence-electron chi connectivity index (χ1n) is 5.17. The van der Waals surface area contributed by atoms with Crippen LogP contribution in [0.15, 0.2) is 6.08 Å². The van der Waals surface area contributed by atoms with Crippen molar-refractivity contribution in [3.63, 3.8) is 0 Å². The number of aromatic hydroxyl groups is 2. The fraction of sp³-hybridized carbons (Fsp3) is 0.333. The van der Waals surface area contributed by atoms with Crippen LogP contribution in [0.2, 0.25) is 10.0 Å². The van der Waals surface area contributed by atoms with Gasteiger partial charge in [-0.3, -0.25) is 0 Å². The minimum Gasteiger partial charge on any atom is -0.506 e. The number of hydrogen-bond donors (Lipinski definition) is 3. The van der Waals surface area contributed by atoms with Crippen LogP contribution in [0.1, 0.15) is 24.0 Å². The van der Waals surface area contributed by atoms with E-state index in [0.29, 0.717) is 18.4 Å². The third kappa shape index (κ3) is 3.06. The summed E-state index contributed by atoms with van der Waals surface area (Å²) in [6, 6.07) is 0. The van der Waals surface area contributed by atoms with Crippen molar-refractivity contribution in [2.24, 2.45) is 0 Å². The summed E-state index contributed by atoms with van der Waals surface area (Å²) in [5.41, 5.74) is 0.638. The van der Waals surface area contributed by atoms with E-state index in [0.717, 1.165) is 0 Å². The highest BCUT2D eigenvalue weighted by molar-refractivity contribution is 6.37. The summed E-state index contributed by atoms with van der Waals surface area (Å²) in [5.74, 6) is -0.275. The Balaban J connectivity index is 3.12. The zero-order valence-corrected chi connectivity index (χ0v) is 10.9. The topological polar surface area (TPSA) is 60.7 Å². The highest BCUT2D eigenvalue weighted by Gasteiger charge is 2.17. The average molecular weight is 277 g/mol. The number of aliphatic hydroxyl groups is 1. The first-order chi connectivity index (χ1) is 8.00. The van der Waals surface area contributed by atoms with E-state index in [4.69, 9.17) is 28.3 Å². The van der Waals surface area contributed by atoms with Gasteiger partial charge in [-0.2, -0.15) is 0 Å². The van der Waals surface area contributed by atoms with Gasteiger partial charge in [-0.1, -0.05) is 35.4 Å². The standard InChI is InChI=1S/C12H14Cl2O3/c1-7-9(13)12(17)8(10(14)11(7)16)5-3-2-4-6-15/h3,5,15-17H,2,4,6H2,1H3. The van der Waals surface area contributed by atoms with Gasteiger partial charge < -0.3 is 15.3 Å². The van der Waals surface area contributed by atoms with Gasteiger partial charge in [0.05, 0.1) is 10.0 Å². The highest BCUT2D eigenvalue weighted by Crippen LogP contribution is 2.43. The van der Waals surface area contributed by atoms with Gasteiger partial charge in [0.25, 0.3) is 0 Å². The van der Waals surface area contributed by atoms with Gasteiger partial charge in [-0.25, -0.2) is 0 Å². The molecule has 94 valence electrons. The van der Waals surface area contributed by atoms with Crippen molar-refractivity contribution in [1.29, 1.82) is 0 Å². The predicted molar refractivity (Wildman–Crippen MR) is 69.9 cm³/mol. The molecule has 0 bridgehead atoms. The quantitative estimate of drug-likeness (QED) is 0.583. The summed E-state index contributed by atoms with van der Waals surface area (Å²) in [6.45, 7) is 1.67. The van der Waals surface area contributed by atoms with Gasteiger partial charge in [-0.15, -0.1) is 0 Å². The Bertz CT molecular complexity index is 413. The molecule has 17 heavy (non-hydrogen) atoms. The van der Waals surface area contributed by atoms with Crippen LogP contribution in [0.4, 0.5) is 0 Å². The SMILES string of the molecule is Cc1c(O)c(Cl)c(C=CCCCO)c(O)c1Cl. The van der Waals surface area contributed by atoms with Crippen molar-refractivity contribution < 1.29 is 15.3 Å². The summed E-state index contributed by atoms with van der Waals surface area (Å²) >= 11 is 11.8. The van der Waals surface area contributed by atoms with Gasteiger partial charge in [0, 0.05) is 17.7 Å². The molecular formula is C12H14Cl2O3. The molecule has 0 saturated carbocycles. The molecule has 0 aliphatic rings. The Morgan fingerprint density at radius 1 is 1.12 bits per heavy atom. The number of aliphatic hydroxyl groups excluding tert-OH is 1. The van der Waals surface area contributed by atoms with Crippen molar-refractivity contribution in [3.8, 4) is 11.5 Å². The smallest absolute Gasteiger partial charge is 0.143 e. The number of phenols is 2. The van der Waals surface area contributed by atoms with E-state index in [2.05, 4.69) is 0 Å². The molecule has 0 radical (unpaired) electrons. The lowest BCUT2D eigenvalue weighted by Gasteiger charge is -2.10. The van der Waals surface area contributed by atoms with E-state index < -0.39 is 0 Å². The van der Waals surface area contributed by atoms with Crippen LogP contribution >= 0.6 is 23.2 Å². The molecule has 0 fully saturated rings. The van der Waals surface area contributed by atoms with Crippen LogP contribution in [0.3, 0.4) is 0 Å². The number of rotatable bonds is 4. The molecule has 0 amide bonds. The molecule has 1 rings (SSSR count). The maximum Gasteiger partial charge on any atom is 0.143 e. The first kappa shape index (κ1) is 14.2. The molecule has 0 spiro atoms. The van der Waals surface area contributed by atoms with E-state index in [1.54, 1.807) is 19.1 Å². The van der Waals surface area contributed by atoms with Crippen molar-refractivity contribution in [2.45, 2.75) is 19.8 Å². The van der Waals surface area contributed by atoms with Crippen LogP contribution in [0.5, 0.6) is 11.5 Å². The largest absolute Gasteiger partial charge is 0.506 e. The molecule has 1 aromatic rings. The fourth-order valence-corrected chi connectivity index (χ4v) is 1.84. The van der Waals surface area contributed by atoms with Crippen LogP contribution < -0.4 is 0 Å². The van der Waals surface area contributed by atoms with Gasteiger partial charge in [-0.05, 0) is 19.8 Å². The first-order valence-corrected chi connectivity index (χ1v) is 5.93. The van der Waals surface area contributed by atoms with E-state index >= 15 is 0 Å². The predicted octanol–water partition coefficient (Wildman–Crippen LogP) is 3.50. The summed E-state index contributed by atoms with van der Waals surface area (Å²) in [4.78, 5) is 0. The minimum absolute atomic E-state index is 0.0737. The van der Waals surface area contributed by atoms with Crippen molar-refractivity contribution in [1.82, 2.24) is 0 Å². The molecule has 5 heteroatoms. The highest BCUT2D eigenvalue weighted by atomic mass is 35.5. The molecule has 0 saturated heterocycles. The third-order valence-corrected chi connectivity index (χ3v) is 3.25. The molecule has 3 nitrogen and oxygen atoms in total. The average Bonchev–Trinajstić information content (AvgIpc) is 2.33. The molecule has 0 heterocycles. The molecule has 0 aliphatic heterocycles. The molecule has 0 aromatic heterocycles. The van der Waals surface area contributed by atoms with Crippen LogP contribution in [-0.4, -0.2) is 21.9 Å². The van der Waals surface area contributed by atoms with Gasteiger partial charge in [0.2, 0.25) is 0 Å². The number of unbranched alkanes of at least 4 members (excludes halogenated alkanes) is 1.